The fraction of sp³-hybridized carbons (Fsp3) is 0.385. The molecule has 0 aromatic heterocycles. The summed E-state index contributed by atoms with van der Waals surface area (Å²) in [6.07, 6.45) is 1.75. The highest BCUT2D eigenvalue weighted by atomic mass is 79.9. The van der Waals surface area contributed by atoms with Gasteiger partial charge in [0.15, 0.2) is 0 Å². The van der Waals surface area contributed by atoms with E-state index in [9.17, 15) is 9.59 Å². The van der Waals surface area contributed by atoms with Gasteiger partial charge in [-0.1, -0.05) is 15.9 Å². The van der Waals surface area contributed by atoms with Crippen molar-refractivity contribution in [3.8, 4) is 0 Å². The normalized spacial score (nSPS) is 14.0. The zero-order valence-corrected chi connectivity index (χ0v) is 12.1. The number of carboxylic acids is 1. The summed E-state index contributed by atoms with van der Waals surface area (Å²) in [5.74, 6) is -0.992. The Labute approximate surface area is 119 Å². The van der Waals surface area contributed by atoms with E-state index in [1.165, 1.54) is 4.90 Å². The van der Waals surface area contributed by atoms with Crippen LogP contribution in [0.15, 0.2) is 22.7 Å². The van der Waals surface area contributed by atoms with E-state index in [2.05, 4.69) is 21.2 Å². The fourth-order valence-corrected chi connectivity index (χ4v) is 2.06. The molecule has 0 spiro atoms. The minimum Gasteiger partial charge on any atom is -0.480 e. The van der Waals surface area contributed by atoms with E-state index < -0.39 is 5.97 Å². The summed E-state index contributed by atoms with van der Waals surface area (Å²) >= 11 is 3.39. The molecule has 0 bridgehead atoms. The maximum Gasteiger partial charge on any atom is 0.323 e. The van der Waals surface area contributed by atoms with Crippen LogP contribution in [-0.4, -0.2) is 34.6 Å². The zero-order valence-electron chi connectivity index (χ0n) is 10.5. The van der Waals surface area contributed by atoms with Crippen LogP contribution in [-0.2, 0) is 4.79 Å². The van der Waals surface area contributed by atoms with Gasteiger partial charge in [0.05, 0.1) is 0 Å². The fourth-order valence-electron chi connectivity index (χ4n) is 1.82. The summed E-state index contributed by atoms with van der Waals surface area (Å²) in [6, 6.07) is 5.18. The molecular formula is C13H15BrN2O3. The number of halogens is 1. The number of carbonyl (C=O) groups excluding carboxylic acids is 1. The van der Waals surface area contributed by atoms with Gasteiger partial charge in [-0.2, -0.15) is 0 Å². The maximum absolute atomic E-state index is 12.1. The molecule has 1 aromatic rings. The van der Waals surface area contributed by atoms with Crippen molar-refractivity contribution in [2.24, 2.45) is 0 Å². The maximum atomic E-state index is 12.1. The molecular weight excluding hydrogens is 312 g/mol. The summed E-state index contributed by atoms with van der Waals surface area (Å²) in [6.45, 7) is 1.67. The Kier molecular flexibility index (Phi) is 4.09. The Morgan fingerprint density at radius 2 is 2.16 bits per heavy atom. The topological polar surface area (TPSA) is 69.6 Å². The molecule has 2 N–H and O–H groups in total. The Hall–Kier alpha value is -1.56. The molecule has 2 rings (SSSR count). The van der Waals surface area contributed by atoms with Gasteiger partial charge >= 0.3 is 12.0 Å². The highest BCUT2D eigenvalue weighted by molar-refractivity contribution is 9.10. The standard InChI is InChI=1S/C13H15BrN2O3/c1-8-6-9(2-5-11(8)14)15-13(19)16(7-12(17)18)10-3-4-10/h2,5-6,10H,3-4,7H2,1H3,(H,15,19)(H,17,18). The third-order valence-electron chi connectivity index (χ3n) is 2.96. The Morgan fingerprint density at radius 3 is 2.68 bits per heavy atom. The minimum atomic E-state index is -0.992. The van der Waals surface area contributed by atoms with Gasteiger partial charge in [0.2, 0.25) is 0 Å². The van der Waals surface area contributed by atoms with Gasteiger partial charge in [0.25, 0.3) is 0 Å². The average molecular weight is 327 g/mol. The number of rotatable bonds is 4. The third kappa shape index (κ3) is 3.70. The predicted octanol–water partition coefficient (Wildman–Crippen LogP) is 2.84. The number of carbonyl (C=O) groups is 2. The van der Waals surface area contributed by atoms with Crippen molar-refractivity contribution >= 4 is 33.6 Å². The van der Waals surface area contributed by atoms with E-state index >= 15 is 0 Å². The number of urea groups is 1. The number of nitrogens with one attached hydrogen (secondary N) is 1. The van der Waals surface area contributed by atoms with E-state index in [-0.39, 0.29) is 18.6 Å². The summed E-state index contributed by atoms with van der Waals surface area (Å²) in [5.41, 5.74) is 1.68. The van der Waals surface area contributed by atoms with Crippen molar-refractivity contribution in [1.82, 2.24) is 4.90 Å². The van der Waals surface area contributed by atoms with Gasteiger partial charge in [-0.3, -0.25) is 4.79 Å². The van der Waals surface area contributed by atoms with Gasteiger partial charge in [-0.05, 0) is 43.5 Å². The number of hydrogen-bond acceptors (Lipinski definition) is 2. The summed E-state index contributed by atoms with van der Waals surface area (Å²) in [7, 11) is 0. The first-order valence-electron chi connectivity index (χ1n) is 6.03. The van der Waals surface area contributed by atoms with Crippen LogP contribution in [0.2, 0.25) is 0 Å². The van der Waals surface area contributed by atoms with E-state index in [1.54, 1.807) is 6.07 Å². The molecule has 1 saturated carbocycles. The van der Waals surface area contributed by atoms with Crippen LogP contribution >= 0.6 is 15.9 Å². The lowest BCUT2D eigenvalue weighted by atomic mass is 10.2. The number of anilines is 1. The van der Waals surface area contributed by atoms with Crippen LogP contribution in [0.3, 0.4) is 0 Å². The molecule has 0 heterocycles. The van der Waals surface area contributed by atoms with Gasteiger partial charge in [0.1, 0.15) is 6.54 Å². The van der Waals surface area contributed by atoms with Crippen molar-refractivity contribution in [2.45, 2.75) is 25.8 Å². The van der Waals surface area contributed by atoms with E-state index in [0.29, 0.717) is 5.69 Å². The highest BCUT2D eigenvalue weighted by Gasteiger charge is 2.33. The predicted molar refractivity (Wildman–Crippen MR) is 75.3 cm³/mol. The lowest BCUT2D eigenvalue weighted by Gasteiger charge is -2.20. The smallest absolute Gasteiger partial charge is 0.323 e. The molecule has 1 fully saturated rings. The van der Waals surface area contributed by atoms with Crippen LogP contribution in [0.25, 0.3) is 0 Å². The molecule has 1 aliphatic carbocycles. The van der Waals surface area contributed by atoms with Crippen molar-refractivity contribution in [3.05, 3.63) is 28.2 Å². The molecule has 102 valence electrons. The first kappa shape index (κ1) is 13.9. The van der Waals surface area contributed by atoms with Crippen LogP contribution in [0.4, 0.5) is 10.5 Å². The quantitative estimate of drug-likeness (QED) is 0.893. The van der Waals surface area contributed by atoms with Crippen LogP contribution in [0.5, 0.6) is 0 Å². The molecule has 0 atom stereocenters. The zero-order chi connectivity index (χ0) is 14.0. The minimum absolute atomic E-state index is 0.0626. The van der Waals surface area contributed by atoms with Gasteiger partial charge in [-0.15, -0.1) is 0 Å². The lowest BCUT2D eigenvalue weighted by Crippen LogP contribution is -2.40. The third-order valence-corrected chi connectivity index (χ3v) is 3.85. The van der Waals surface area contributed by atoms with Crippen molar-refractivity contribution < 1.29 is 14.7 Å². The Morgan fingerprint density at radius 1 is 1.47 bits per heavy atom. The molecule has 1 aliphatic rings. The van der Waals surface area contributed by atoms with Gasteiger partial charge in [-0.25, -0.2) is 4.79 Å². The summed E-state index contributed by atoms with van der Waals surface area (Å²) < 4.78 is 0.968. The highest BCUT2D eigenvalue weighted by Crippen LogP contribution is 2.27. The number of hydrogen-bond donors (Lipinski definition) is 2. The van der Waals surface area contributed by atoms with Crippen molar-refractivity contribution in [1.29, 1.82) is 0 Å². The molecule has 0 unspecified atom stereocenters. The van der Waals surface area contributed by atoms with E-state index in [4.69, 9.17) is 5.11 Å². The Bertz CT molecular complexity index is 515. The molecule has 1 aromatic carbocycles. The number of nitrogens with zero attached hydrogens (tertiary/aromatic N) is 1. The van der Waals surface area contributed by atoms with Crippen LogP contribution in [0, 0.1) is 6.92 Å². The van der Waals surface area contributed by atoms with E-state index in [1.807, 2.05) is 19.1 Å². The largest absolute Gasteiger partial charge is 0.480 e. The number of amides is 2. The summed E-state index contributed by atoms with van der Waals surface area (Å²) in [4.78, 5) is 24.2. The van der Waals surface area contributed by atoms with Gasteiger partial charge < -0.3 is 15.3 Å². The number of benzene rings is 1. The molecule has 2 amide bonds. The number of aryl methyl sites for hydroxylation is 1. The number of carboxylic acid groups (broad SMARTS) is 1. The van der Waals surface area contributed by atoms with Crippen LogP contribution in [0.1, 0.15) is 18.4 Å². The lowest BCUT2D eigenvalue weighted by molar-refractivity contribution is -0.137. The van der Waals surface area contributed by atoms with Gasteiger partial charge in [0, 0.05) is 16.2 Å². The molecule has 0 saturated heterocycles. The first-order chi connectivity index (χ1) is 8.97. The van der Waals surface area contributed by atoms with Crippen LogP contribution < -0.4 is 5.32 Å². The average Bonchev–Trinajstić information content (AvgIpc) is 3.14. The Balaban J connectivity index is 2.05. The molecule has 0 aliphatic heterocycles. The molecule has 0 radical (unpaired) electrons. The SMILES string of the molecule is Cc1cc(NC(=O)N(CC(=O)O)C2CC2)ccc1Br. The second kappa shape index (κ2) is 5.61. The summed E-state index contributed by atoms with van der Waals surface area (Å²) in [5, 5.41) is 11.6. The monoisotopic (exact) mass is 326 g/mol. The molecule has 6 heteroatoms. The van der Waals surface area contributed by atoms with E-state index in [0.717, 1.165) is 22.9 Å². The second-order valence-corrected chi connectivity index (χ2v) is 5.50. The second-order valence-electron chi connectivity index (χ2n) is 4.65. The van der Waals surface area contributed by atoms with Crippen molar-refractivity contribution in [3.63, 3.8) is 0 Å². The number of aliphatic carboxylic acids is 1. The molecule has 19 heavy (non-hydrogen) atoms. The molecule has 5 nitrogen and oxygen atoms in total. The first-order valence-corrected chi connectivity index (χ1v) is 6.82. The van der Waals surface area contributed by atoms with Crippen molar-refractivity contribution in [2.75, 3.05) is 11.9 Å².